The minimum atomic E-state index is -0.866. The number of aliphatic carboxylic acids is 1. The maximum atomic E-state index is 12.8. The van der Waals surface area contributed by atoms with E-state index in [2.05, 4.69) is 10.6 Å². The highest BCUT2D eigenvalue weighted by molar-refractivity contribution is 6.01. The van der Waals surface area contributed by atoms with Crippen molar-refractivity contribution < 1.29 is 19.5 Å². The van der Waals surface area contributed by atoms with Crippen LogP contribution in [0.25, 0.3) is 0 Å². The minimum absolute atomic E-state index is 0.0278. The van der Waals surface area contributed by atoms with Gasteiger partial charge in [0.25, 0.3) is 5.91 Å². The van der Waals surface area contributed by atoms with Crippen molar-refractivity contribution in [2.45, 2.75) is 39.2 Å². The number of carboxylic acids is 1. The lowest BCUT2D eigenvalue weighted by molar-refractivity contribution is -0.137. The minimum Gasteiger partial charge on any atom is -0.481 e. The number of carbonyl (C=O) groups is 3. The van der Waals surface area contributed by atoms with E-state index in [1.54, 1.807) is 42.5 Å². The third kappa shape index (κ3) is 6.23. The molecule has 0 aromatic heterocycles. The number of hydrogen-bond donors (Lipinski definition) is 3. The molecule has 2 amide bonds. The summed E-state index contributed by atoms with van der Waals surface area (Å²) in [7, 11) is 0. The molecular formula is C22H26N2O4. The monoisotopic (exact) mass is 382 g/mol. The first-order valence-corrected chi connectivity index (χ1v) is 9.38. The summed E-state index contributed by atoms with van der Waals surface area (Å²) in [5.74, 6) is -1.51. The van der Waals surface area contributed by atoms with E-state index < -0.39 is 12.0 Å². The molecule has 2 aromatic carbocycles. The highest BCUT2D eigenvalue weighted by Crippen LogP contribution is 2.16. The van der Waals surface area contributed by atoms with E-state index >= 15 is 0 Å². The molecule has 0 bridgehead atoms. The number of carbonyl (C=O) groups excluding carboxylic acids is 2. The molecule has 0 aliphatic heterocycles. The van der Waals surface area contributed by atoms with E-state index in [-0.39, 0.29) is 24.2 Å². The predicted molar refractivity (Wildman–Crippen MR) is 108 cm³/mol. The normalized spacial score (nSPS) is 12.6. The Morgan fingerprint density at radius 1 is 1.04 bits per heavy atom. The van der Waals surface area contributed by atoms with Gasteiger partial charge in [0.1, 0.15) is 6.04 Å². The first-order chi connectivity index (χ1) is 13.4. The van der Waals surface area contributed by atoms with Gasteiger partial charge < -0.3 is 15.7 Å². The number of nitrogens with one attached hydrogen (secondary N) is 2. The van der Waals surface area contributed by atoms with Gasteiger partial charge in [0.15, 0.2) is 0 Å². The van der Waals surface area contributed by atoms with Crippen LogP contribution in [0, 0.1) is 5.92 Å². The van der Waals surface area contributed by atoms with Crippen molar-refractivity contribution >= 4 is 23.5 Å². The van der Waals surface area contributed by atoms with E-state index in [4.69, 9.17) is 5.11 Å². The van der Waals surface area contributed by atoms with Crippen LogP contribution in [0.2, 0.25) is 0 Å². The highest BCUT2D eigenvalue weighted by Gasteiger charge is 2.26. The zero-order chi connectivity index (χ0) is 20.5. The smallest absolute Gasteiger partial charge is 0.303 e. The Kier molecular flexibility index (Phi) is 7.75. The fourth-order valence-electron chi connectivity index (χ4n) is 2.79. The summed E-state index contributed by atoms with van der Waals surface area (Å²) >= 11 is 0. The molecule has 6 nitrogen and oxygen atoms in total. The van der Waals surface area contributed by atoms with Gasteiger partial charge in [-0.15, -0.1) is 0 Å². The number of amides is 2. The lowest BCUT2D eigenvalue weighted by atomic mass is 9.97. The summed E-state index contributed by atoms with van der Waals surface area (Å²) in [5, 5.41) is 14.5. The molecule has 0 spiro atoms. The second-order valence-corrected chi connectivity index (χ2v) is 6.79. The third-order valence-electron chi connectivity index (χ3n) is 4.64. The molecule has 0 saturated heterocycles. The van der Waals surface area contributed by atoms with Crippen LogP contribution in [-0.2, 0) is 16.0 Å². The van der Waals surface area contributed by atoms with Gasteiger partial charge in [-0.25, -0.2) is 0 Å². The predicted octanol–water partition coefficient (Wildman–Crippen LogP) is 3.49. The molecule has 2 unspecified atom stereocenters. The van der Waals surface area contributed by atoms with E-state index in [9.17, 15) is 14.4 Å². The Bertz CT molecular complexity index is 820. The molecule has 2 aromatic rings. The fraction of sp³-hybridized carbons (Fsp3) is 0.318. The van der Waals surface area contributed by atoms with E-state index in [1.807, 2.05) is 26.0 Å². The zero-order valence-electron chi connectivity index (χ0n) is 16.1. The van der Waals surface area contributed by atoms with Crippen LogP contribution >= 0.6 is 0 Å². The Labute approximate surface area is 165 Å². The second kappa shape index (κ2) is 10.3. The van der Waals surface area contributed by atoms with Crippen molar-refractivity contribution in [2.75, 3.05) is 5.32 Å². The molecule has 0 aliphatic carbocycles. The summed E-state index contributed by atoms with van der Waals surface area (Å²) in [6, 6.07) is 15.2. The average molecular weight is 382 g/mol. The van der Waals surface area contributed by atoms with Gasteiger partial charge in [-0.1, -0.05) is 50.6 Å². The quantitative estimate of drug-likeness (QED) is 0.619. The summed E-state index contributed by atoms with van der Waals surface area (Å²) in [6.07, 6.45) is 1.14. The number of benzene rings is 2. The molecule has 6 heteroatoms. The van der Waals surface area contributed by atoms with E-state index in [1.165, 1.54) is 0 Å². The largest absolute Gasteiger partial charge is 0.481 e. The maximum absolute atomic E-state index is 12.8. The number of hydrogen-bond acceptors (Lipinski definition) is 3. The van der Waals surface area contributed by atoms with Gasteiger partial charge in [-0.2, -0.15) is 0 Å². The zero-order valence-corrected chi connectivity index (χ0v) is 16.1. The first kappa shape index (κ1) is 21.2. The van der Waals surface area contributed by atoms with Crippen LogP contribution in [0.1, 0.15) is 42.6 Å². The number of rotatable bonds is 9. The highest BCUT2D eigenvalue weighted by atomic mass is 16.4. The van der Waals surface area contributed by atoms with Crippen molar-refractivity contribution in [1.82, 2.24) is 5.32 Å². The SMILES string of the molecule is CCC(C)C(NC(=O)c1ccccc1)C(=O)Nc1cccc(CCC(=O)O)c1. The van der Waals surface area contributed by atoms with Gasteiger partial charge in [-0.05, 0) is 42.2 Å². The van der Waals surface area contributed by atoms with Crippen molar-refractivity contribution in [3.05, 3.63) is 65.7 Å². The maximum Gasteiger partial charge on any atom is 0.303 e. The standard InChI is InChI=1S/C22H26N2O4/c1-3-15(2)20(24-21(27)17-9-5-4-6-10-17)22(28)23-18-11-7-8-16(14-18)12-13-19(25)26/h4-11,14-15,20H,3,12-13H2,1-2H3,(H,23,28)(H,24,27)(H,25,26). The van der Waals surface area contributed by atoms with Crippen molar-refractivity contribution in [3.63, 3.8) is 0 Å². The molecule has 2 rings (SSSR count). The molecule has 0 radical (unpaired) electrons. The fourth-order valence-corrected chi connectivity index (χ4v) is 2.79. The average Bonchev–Trinajstić information content (AvgIpc) is 2.70. The van der Waals surface area contributed by atoms with Crippen molar-refractivity contribution in [3.8, 4) is 0 Å². The summed E-state index contributed by atoms with van der Waals surface area (Å²) in [5.41, 5.74) is 1.91. The molecule has 0 aliphatic rings. The van der Waals surface area contributed by atoms with Crippen LogP contribution in [0.5, 0.6) is 0 Å². The molecule has 3 N–H and O–H groups in total. The Hall–Kier alpha value is -3.15. The molecule has 28 heavy (non-hydrogen) atoms. The van der Waals surface area contributed by atoms with Crippen LogP contribution in [-0.4, -0.2) is 28.9 Å². The van der Waals surface area contributed by atoms with Gasteiger partial charge in [0.05, 0.1) is 0 Å². The Morgan fingerprint density at radius 3 is 2.39 bits per heavy atom. The molecule has 0 saturated carbocycles. The van der Waals surface area contributed by atoms with Gasteiger partial charge >= 0.3 is 5.97 Å². The van der Waals surface area contributed by atoms with Crippen LogP contribution in [0.3, 0.4) is 0 Å². The van der Waals surface area contributed by atoms with Crippen LogP contribution in [0.15, 0.2) is 54.6 Å². The van der Waals surface area contributed by atoms with Crippen molar-refractivity contribution in [1.29, 1.82) is 0 Å². The van der Waals surface area contributed by atoms with E-state index in [0.717, 1.165) is 12.0 Å². The summed E-state index contributed by atoms with van der Waals surface area (Å²) in [6.45, 7) is 3.88. The Balaban J connectivity index is 2.09. The van der Waals surface area contributed by atoms with Crippen LogP contribution in [0.4, 0.5) is 5.69 Å². The van der Waals surface area contributed by atoms with Gasteiger partial charge in [0, 0.05) is 17.7 Å². The molecule has 148 valence electrons. The van der Waals surface area contributed by atoms with Gasteiger partial charge in [-0.3, -0.25) is 14.4 Å². The van der Waals surface area contributed by atoms with Gasteiger partial charge in [0.2, 0.25) is 5.91 Å². The lowest BCUT2D eigenvalue weighted by Crippen LogP contribution is -2.47. The first-order valence-electron chi connectivity index (χ1n) is 9.38. The summed E-state index contributed by atoms with van der Waals surface area (Å²) < 4.78 is 0. The molecule has 0 fully saturated rings. The summed E-state index contributed by atoms with van der Waals surface area (Å²) in [4.78, 5) is 36.1. The molecular weight excluding hydrogens is 356 g/mol. The van der Waals surface area contributed by atoms with Crippen LogP contribution < -0.4 is 10.6 Å². The second-order valence-electron chi connectivity index (χ2n) is 6.79. The number of aryl methyl sites for hydroxylation is 1. The third-order valence-corrected chi connectivity index (χ3v) is 4.64. The van der Waals surface area contributed by atoms with Crippen molar-refractivity contribution in [2.24, 2.45) is 5.92 Å². The number of carboxylic acid groups (broad SMARTS) is 1. The van der Waals surface area contributed by atoms with E-state index in [0.29, 0.717) is 17.7 Å². The number of anilines is 1. The molecule has 0 heterocycles. The molecule has 2 atom stereocenters. The topological polar surface area (TPSA) is 95.5 Å². The Morgan fingerprint density at radius 2 is 1.75 bits per heavy atom. The lowest BCUT2D eigenvalue weighted by Gasteiger charge is -2.23.